The lowest BCUT2D eigenvalue weighted by Gasteiger charge is -2.31. The third kappa shape index (κ3) is 4.22. The fourth-order valence-electron chi connectivity index (χ4n) is 3.16. The number of nitrogens with two attached hydrogens (primary N) is 1. The van der Waals surface area contributed by atoms with Gasteiger partial charge in [0.05, 0.1) is 0 Å². The Morgan fingerprint density at radius 2 is 1.91 bits per heavy atom. The summed E-state index contributed by atoms with van der Waals surface area (Å²) in [5, 5.41) is 5.58. The molecule has 0 aromatic heterocycles. The van der Waals surface area contributed by atoms with E-state index in [4.69, 9.17) is 5.73 Å². The van der Waals surface area contributed by atoms with E-state index >= 15 is 0 Å². The second-order valence-electron chi connectivity index (χ2n) is 7.02. The molecule has 1 unspecified atom stereocenters. The molecule has 1 aliphatic heterocycles. The Morgan fingerprint density at radius 3 is 2.30 bits per heavy atom. The van der Waals surface area contributed by atoms with Crippen molar-refractivity contribution in [2.24, 2.45) is 11.7 Å². The number of carbonyl (C=O) groups is 3. The molecule has 23 heavy (non-hydrogen) atoms. The van der Waals surface area contributed by atoms with Crippen LogP contribution in [-0.4, -0.2) is 46.9 Å². The van der Waals surface area contributed by atoms with Crippen LogP contribution in [0, 0.1) is 5.92 Å². The molecule has 0 aliphatic carbocycles. The molecule has 1 rings (SSSR count). The van der Waals surface area contributed by atoms with Crippen molar-refractivity contribution >= 4 is 17.8 Å². The van der Waals surface area contributed by atoms with Crippen LogP contribution < -0.4 is 16.4 Å². The predicted octanol–water partition coefficient (Wildman–Crippen LogP) is 0.977. The third-order valence-corrected chi connectivity index (χ3v) is 4.51. The molecule has 0 aromatic rings. The largest absolute Gasteiger partial charge is 0.348 e. The van der Waals surface area contributed by atoms with E-state index in [0.717, 1.165) is 11.3 Å². The van der Waals surface area contributed by atoms with Gasteiger partial charge in [0.1, 0.15) is 12.1 Å². The molecule has 1 heterocycles. The molecule has 7 nitrogen and oxygen atoms in total. The topological polar surface area (TPSA) is 105 Å². The van der Waals surface area contributed by atoms with Gasteiger partial charge in [-0.2, -0.15) is 0 Å². The summed E-state index contributed by atoms with van der Waals surface area (Å²) in [5.41, 5.74) is 4.35. The first-order chi connectivity index (χ1) is 10.6. The zero-order valence-corrected chi connectivity index (χ0v) is 14.9. The van der Waals surface area contributed by atoms with Gasteiger partial charge in [0, 0.05) is 12.1 Å². The molecular weight excluding hydrogens is 296 g/mol. The van der Waals surface area contributed by atoms with Crippen molar-refractivity contribution in [3.8, 4) is 0 Å². The van der Waals surface area contributed by atoms with Gasteiger partial charge in [0.2, 0.25) is 5.91 Å². The van der Waals surface area contributed by atoms with E-state index in [2.05, 4.69) is 10.6 Å². The molecule has 1 fully saturated rings. The average Bonchev–Trinajstić information content (AvgIpc) is 2.71. The first kappa shape index (κ1) is 19.4. The molecule has 0 aromatic carbocycles. The third-order valence-electron chi connectivity index (χ3n) is 4.51. The van der Waals surface area contributed by atoms with E-state index in [1.54, 1.807) is 0 Å². The number of nitrogens with one attached hydrogen (secondary N) is 2. The first-order valence-electron chi connectivity index (χ1n) is 8.28. The van der Waals surface area contributed by atoms with Crippen molar-refractivity contribution in [2.45, 2.75) is 65.0 Å². The maximum absolute atomic E-state index is 12.5. The molecular formula is C16H30N4O3. The van der Waals surface area contributed by atoms with E-state index in [-0.39, 0.29) is 18.4 Å². The van der Waals surface area contributed by atoms with Crippen LogP contribution in [0.3, 0.4) is 0 Å². The smallest absolute Gasteiger partial charge is 0.325 e. The lowest BCUT2D eigenvalue weighted by atomic mass is 9.90. The molecule has 1 saturated heterocycles. The lowest BCUT2D eigenvalue weighted by molar-refractivity contribution is -0.135. The molecule has 4 amide bonds. The quantitative estimate of drug-likeness (QED) is 0.578. The highest BCUT2D eigenvalue weighted by atomic mass is 16.2. The zero-order valence-electron chi connectivity index (χ0n) is 14.9. The summed E-state index contributed by atoms with van der Waals surface area (Å²) in [5.74, 6) is -0.334. The van der Waals surface area contributed by atoms with Crippen LogP contribution in [0.1, 0.15) is 53.9 Å². The van der Waals surface area contributed by atoms with Crippen LogP contribution in [0.25, 0.3) is 0 Å². The van der Waals surface area contributed by atoms with E-state index in [1.807, 2.05) is 34.6 Å². The zero-order chi connectivity index (χ0) is 17.8. The number of amides is 4. The summed E-state index contributed by atoms with van der Waals surface area (Å²) in [6.45, 7) is 9.69. The summed E-state index contributed by atoms with van der Waals surface area (Å²) < 4.78 is 0. The minimum absolute atomic E-state index is 0.278. The highest BCUT2D eigenvalue weighted by molar-refractivity contribution is 6.09. The molecule has 4 N–H and O–H groups in total. The summed E-state index contributed by atoms with van der Waals surface area (Å²) in [6.07, 6.45) is 1.73. The SMILES string of the molecule is CCC1(CC)NC(=O)N(CC(=O)NC(C)(CN)CC(C)C)C1=O. The van der Waals surface area contributed by atoms with Gasteiger partial charge in [-0.15, -0.1) is 0 Å². The number of carbonyl (C=O) groups excluding carboxylic acids is 3. The van der Waals surface area contributed by atoms with Crippen LogP contribution in [-0.2, 0) is 9.59 Å². The average molecular weight is 326 g/mol. The Morgan fingerprint density at radius 1 is 1.35 bits per heavy atom. The van der Waals surface area contributed by atoms with Gasteiger partial charge in [-0.1, -0.05) is 27.7 Å². The van der Waals surface area contributed by atoms with Gasteiger partial charge in [-0.3, -0.25) is 14.5 Å². The van der Waals surface area contributed by atoms with Crippen LogP contribution in [0.15, 0.2) is 0 Å². The minimum atomic E-state index is -0.882. The van der Waals surface area contributed by atoms with Crippen LogP contribution in [0.5, 0.6) is 0 Å². The van der Waals surface area contributed by atoms with Gasteiger partial charge in [-0.25, -0.2) is 4.79 Å². The number of urea groups is 1. The normalized spacial score (nSPS) is 19.7. The number of nitrogens with zero attached hydrogens (tertiary/aromatic N) is 1. The maximum atomic E-state index is 12.5. The Hall–Kier alpha value is -1.63. The number of rotatable bonds is 8. The molecule has 1 aliphatic rings. The predicted molar refractivity (Wildman–Crippen MR) is 88.6 cm³/mol. The summed E-state index contributed by atoms with van der Waals surface area (Å²) >= 11 is 0. The highest BCUT2D eigenvalue weighted by Gasteiger charge is 2.49. The molecule has 0 radical (unpaired) electrons. The molecule has 0 saturated carbocycles. The van der Waals surface area contributed by atoms with Crippen molar-refractivity contribution in [3.63, 3.8) is 0 Å². The fourth-order valence-corrected chi connectivity index (χ4v) is 3.16. The van der Waals surface area contributed by atoms with Crippen molar-refractivity contribution in [3.05, 3.63) is 0 Å². The number of imide groups is 1. The minimum Gasteiger partial charge on any atom is -0.348 e. The van der Waals surface area contributed by atoms with E-state index in [9.17, 15) is 14.4 Å². The molecule has 1 atom stereocenters. The standard InChI is InChI=1S/C16H30N4O3/c1-6-16(7-2)13(22)20(14(23)19-16)9-12(21)18-15(5,10-17)8-11(3)4/h11H,6-10,17H2,1-5H3,(H,18,21)(H,19,23). The van der Waals surface area contributed by atoms with Crippen molar-refractivity contribution in [1.82, 2.24) is 15.5 Å². The van der Waals surface area contributed by atoms with Gasteiger partial charge >= 0.3 is 6.03 Å². The Bertz CT molecular complexity index is 474. The summed E-state index contributed by atoms with van der Waals surface area (Å²) in [7, 11) is 0. The van der Waals surface area contributed by atoms with Crippen molar-refractivity contribution in [1.29, 1.82) is 0 Å². The van der Waals surface area contributed by atoms with Crippen molar-refractivity contribution < 1.29 is 14.4 Å². The number of hydrogen-bond acceptors (Lipinski definition) is 4. The highest BCUT2D eigenvalue weighted by Crippen LogP contribution is 2.24. The molecule has 132 valence electrons. The Labute approximate surface area is 138 Å². The number of hydrogen-bond donors (Lipinski definition) is 3. The van der Waals surface area contributed by atoms with E-state index < -0.39 is 17.1 Å². The Kier molecular flexibility index (Phi) is 6.16. The monoisotopic (exact) mass is 326 g/mol. The Balaban J connectivity index is 2.78. The molecule has 7 heteroatoms. The van der Waals surface area contributed by atoms with Crippen LogP contribution in [0.2, 0.25) is 0 Å². The molecule has 0 bridgehead atoms. The first-order valence-corrected chi connectivity index (χ1v) is 8.28. The van der Waals surface area contributed by atoms with Crippen LogP contribution >= 0.6 is 0 Å². The fraction of sp³-hybridized carbons (Fsp3) is 0.812. The second-order valence-corrected chi connectivity index (χ2v) is 7.02. The van der Waals surface area contributed by atoms with Crippen LogP contribution in [0.4, 0.5) is 4.79 Å². The van der Waals surface area contributed by atoms with E-state index in [1.165, 1.54) is 0 Å². The summed E-state index contributed by atoms with van der Waals surface area (Å²) in [6, 6.07) is -0.507. The van der Waals surface area contributed by atoms with Gasteiger partial charge < -0.3 is 16.4 Å². The maximum Gasteiger partial charge on any atom is 0.325 e. The van der Waals surface area contributed by atoms with Gasteiger partial charge in [-0.05, 0) is 32.1 Å². The molecule has 0 spiro atoms. The van der Waals surface area contributed by atoms with E-state index in [0.29, 0.717) is 25.3 Å². The van der Waals surface area contributed by atoms with Gasteiger partial charge in [0.25, 0.3) is 5.91 Å². The van der Waals surface area contributed by atoms with Crippen molar-refractivity contribution in [2.75, 3.05) is 13.1 Å². The van der Waals surface area contributed by atoms with Gasteiger partial charge in [0.15, 0.2) is 0 Å². The second kappa shape index (κ2) is 7.29. The summed E-state index contributed by atoms with van der Waals surface area (Å²) in [4.78, 5) is 37.8. The lowest BCUT2D eigenvalue weighted by Crippen LogP contribution is -2.55.